The predicted molar refractivity (Wildman–Crippen MR) is 80.2 cm³/mol. The van der Waals surface area contributed by atoms with Crippen LogP contribution in [0.4, 0.5) is 0 Å². The first-order valence-electron chi connectivity index (χ1n) is 6.36. The number of thiophene rings is 1. The standard InChI is InChI=1S/C12H10Cl2N4O3S/c13-7-4-5(8(14)22-7)12(20)18-3-1-2-6(18)11-16-10(9(15)19)17-21-11/h4,6H,1-3H2,(H2,15,19)/t6-/m0/s1. The number of rotatable bonds is 3. The molecule has 1 aliphatic rings. The monoisotopic (exact) mass is 360 g/mol. The zero-order valence-corrected chi connectivity index (χ0v) is 13.4. The van der Waals surface area contributed by atoms with Gasteiger partial charge in [-0.25, -0.2) is 0 Å². The Kier molecular flexibility index (Phi) is 4.07. The summed E-state index contributed by atoms with van der Waals surface area (Å²) in [7, 11) is 0. The van der Waals surface area contributed by atoms with Crippen molar-refractivity contribution in [3.8, 4) is 0 Å². The first-order chi connectivity index (χ1) is 10.5. The van der Waals surface area contributed by atoms with Crippen LogP contribution in [0.5, 0.6) is 0 Å². The molecule has 3 heterocycles. The van der Waals surface area contributed by atoms with E-state index >= 15 is 0 Å². The van der Waals surface area contributed by atoms with E-state index in [4.69, 9.17) is 33.5 Å². The first-order valence-corrected chi connectivity index (χ1v) is 7.94. The van der Waals surface area contributed by atoms with Crippen molar-refractivity contribution in [2.45, 2.75) is 18.9 Å². The van der Waals surface area contributed by atoms with Crippen molar-refractivity contribution in [1.29, 1.82) is 0 Å². The second-order valence-electron chi connectivity index (χ2n) is 4.71. The maximum absolute atomic E-state index is 12.6. The molecule has 2 aromatic rings. The summed E-state index contributed by atoms with van der Waals surface area (Å²) in [4.78, 5) is 29.2. The van der Waals surface area contributed by atoms with Gasteiger partial charge in [0.25, 0.3) is 17.6 Å². The predicted octanol–water partition coefficient (Wildman–Crippen LogP) is 2.51. The minimum Gasteiger partial charge on any atom is -0.363 e. The van der Waals surface area contributed by atoms with Crippen molar-refractivity contribution in [3.63, 3.8) is 0 Å². The van der Waals surface area contributed by atoms with Gasteiger partial charge in [-0.05, 0) is 18.9 Å². The maximum atomic E-state index is 12.6. The number of likely N-dealkylation sites (tertiary alicyclic amines) is 1. The molecule has 7 nitrogen and oxygen atoms in total. The molecule has 0 aliphatic carbocycles. The number of nitrogens with zero attached hydrogens (tertiary/aromatic N) is 3. The summed E-state index contributed by atoms with van der Waals surface area (Å²) in [5.41, 5.74) is 5.44. The van der Waals surface area contributed by atoms with Crippen molar-refractivity contribution in [2.24, 2.45) is 5.73 Å². The van der Waals surface area contributed by atoms with E-state index in [9.17, 15) is 9.59 Å². The van der Waals surface area contributed by atoms with Gasteiger partial charge in [0.05, 0.1) is 9.90 Å². The highest BCUT2D eigenvalue weighted by Crippen LogP contribution is 2.36. The van der Waals surface area contributed by atoms with Crippen LogP contribution in [0.1, 0.15) is 45.8 Å². The van der Waals surface area contributed by atoms with Crippen LogP contribution in [0, 0.1) is 0 Å². The fourth-order valence-electron chi connectivity index (χ4n) is 2.38. The molecule has 10 heteroatoms. The molecule has 0 radical (unpaired) electrons. The molecule has 0 saturated carbocycles. The molecule has 0 spiro atoms. The Labute approximate surface area is 139 Å². The molecule has 2 N–H and O–H groups in total. The van der Waals surface area contributed by atoms with Gasteiger partial charge in [0.15, 0.2) is 0 Å². The number of primary amides is 1. The average Bonchev–Trinajstić information content (AvgIpc) is 3.15. The average molecular weight is 361 g/mol. The highest BCUT2D eigenvalue weighted by Gasteiger charge is 2.36. The summed E-state index contributed by atoms with van der Waals surface area (Å²) < 4.78 is 5.83. The molecular weight excluding hydrogens is 351 g/mol. The number of aromatic nitrogens is 2. The molecule has 0 bridgehead atoms. The Bertz CT molecular complexity index is 745. The molecule has 3 rings (SSSR count). The van der Waals surface area contributed by atoms with Gasteiger partial charge in [0.2, 0.25) is 5.89 Å². The largest absolute Gasteiger partial charge is 0.363 e. The van der Waals surface area contributed by atoms with Crippen LogP contribution in [-0.4, -0.2) is 33.4 Å². The van der Waals surface area contributed by atoms with Crippen LogP contribution in [0.25, 0.3) is 0 Å². The Morgan fingerprint density at radius 1 is 1.45 bits per heavy atom. The first kappa shape index (κ1) is 15.3. The minimum atomic E-state index is -0.779. The Hall–Kier alpha value is -1.64. The van der Waals surface area contributed by atoms with Crippen molar-refractivity contribution in [1.82, 2.24) is 15.0 Å². The molecule has 116 valence electrons. The van der Waals surface area contributed by atoms with Gasteiger partial charge in [0, 0.05) is 6.54 Å². The van der Waals surface area contributed by atoms with Gasteiger partial charge in [-0.3, -0.25) is 9.59 Å². The number of hydrogen-bond acceptors (Lipinski definition) is 6. The van der Waals surface area contributed by atoms with E-state index in [-0.39, 0.29) is 17.6 Å². The lowest BCUT2D eigenvalue weighted by Gasteiger charge is -2.21. The summed E-state index contributed by atoms with van der Waals surface area (Å²) in [6.45, 7) is 0.529. The SMILES string of the molecule is NC(=O)c1noc([C@@H]2CCCN2C(=O)c2cc(Cl)sc2Cl)n1. The zero-order chi connectivity index (χ0) is 15.9. The summed E-state index contributed by atoms with van der Waals surface area (Å²) in [5.74, 6) is -1.05. The molecule has 2 amide bonds. The molecule has 0 aromatic carbocycles. The van der Waals surface area contributed by atoms with Gasteiger partial charge in [0.1, 0.15) is 10.4 Å². The minimum absolute atomic E-state index is 0.192. The smallest absolute Gasteiger partial charge is 0.290 e. The van der Waals surface area contributed by atoms with Crippen molar-refractivity contribution < 1.29 is 14.1 Å². The molecule has 1 aliphatic heterocycles. The van der Waals surface area contributed by atoms with Crippen LogP contribution in [0.15, 0.2) is 10.6 Å². The Balaban J connectivity index is 1.87. The van der Waals surface area contributed by atoms with Crippen molar-refractivity contribution >= 4 is 46.4 Å². The maximum Gasteiger partial charge on any atom is 0.290 e. The van der Waals surface area contributed by atoms with E-state index in [1.807, 2.05) is 0 Å². The van der Waals surface area contributed by atoms with Crippen LogP contribution in [0.2, 0.25) is 8.67 Å². The molecule has 22 heavy (non-hydrogen) atoms. The lowest BCUT2D eigenvalue weighted by molar-refractivity contribution is 0.0710. The second kappa shape index (κ2) is 5.86. The highest BCUT2D eigenvalue weighted by atomic mass is 35.5. The molecule has 2 aromatic heterocycles. The van der Waals surface area contributed by atoms with E-state index in [1.165, 1.54) is 6.07 Å². The van der Waals surface area contributed by atoms with Crippen LogP contribution in [-0.2, 0) is 0 Å². The van der Waals surface area contributed by atoms with Gasteiger partial charge >= 0.3 is 0 Å². The van der Waals surface area contributed by atoms with E-state index in [1.54, 1.807) is 4.90 Å². The fourth-order valence-corrected chi connectivity index (χ4v) is 3.83. The van der Waals surface area contributed by atoms with Gasteiger partial charge in [-0.1, -0.05) is 28.4 Å². The number of nitrogens with two attached hydrogens (primary N) is 1. The molecule has 1 fully saturated rings. The summed E-state index contributed by atoms with van der Waals surface area (Å²) in [6, 6.07) is 1.14. The molecule has 0 unspecified atom stereocenters. The van der Waals surface area contributed by atoms with Crippen LogP contribution in [0.3, 0.4) is 0 Å². The quantitative estimate of drug-likeness (QED) is 0.905. The molecular formula is C12H10Cl2N4O3S. The normalized spacial score (nSPS) is 17.9. The molecule has 1 saturated heterocycles. The summed E-state index contributed by atoms with van der Waals surface area (Å²) in [6.07, 6.45) is 1.43. The van der Waals surface area contributed by atoms with E-state index in [2.05, 4.69) is 10.1 Å². The zero-order valence-electron chi connectivity index (χ0n) is 11.1. The number of carbonyl (C=O) groups is 2. The van der Waals surface area contributed by atoms with Gasteiger partial charge < -0.3 is 15.2 Å². The number of carbonyl (C=O) groups excluding carboxylic acids is 2. The fraction of sp³-hybridized carbons (Fsp3) is 0.333. The van der Waals surface area contributed by atoms with Crippen molar-refractivity contribution in [3.05, 3.63) is 32.0 Å². The van der Waals surface area contributed by atoms with Crippen molar-refractivity contribution in [2.75, 3.05) is 6.54 Å². The van der Waals surface area contributed by atoms with Crippen LogP contribution < -0.4 is 5.73 Å². The lowest BCUT2D eigenvalue weighted by Crippen LogP contribution is -2.30. The Morgan fingerprint density at radius 3 is 2.82 bits per heavy atom. The van der Waals surface area contributed by atoms with Crippen LogP contribution >= 0.6 is 34.5 Å². The summed E-state index contributed by atoms with van der Waals surface area (Å²) >= 11 is 13.0. The third kappa shape index (κ3) is 2.69. The Morgan fingerprint density at radius 2 is 2.23 bits per heavy atom. The van der Waals surface area contributed by atoms with E-state index in [0.29, 0.717) is 27.2 Å². The topological polar surface area (TPSA) is 102 Å². The highest BCUT2D eigenvalue weighted by molar-refractivity contribution is 7.20. The lowest BCUT2D eigenvalue weighted by atomic mass is 10.2. The number of amides is 2. The number of halogens is 2. The third-order valence-electron chi connectivity index (χ3n) is 3.35. The summed E-state index contributed by atoms with van der Waals surface area (Å²) in [5, 5.41) is 3.50. The molecule has 1 atom stereocenters. The van der Waals surface area contributed by atoms with Gasteiger partial charge in [-0.15, -0.1) is 11.3 Å². The van der Waals surface area contributed by atoms with Gasteiger partial charge in [-0.2, -0.15) is 4.98 Å². The van der Waals surface area contributed by atoms with E-state index in [0.717, 1.165) is 17.8 Å². The second-order valence-corrected chi connectivity index (χ2v) is 7.00. The third-order valence-corrected chi connectivity index (χ3v) is 4.84. The number of hydrogen-bond donors (Lipinski definition) is 1. The van der Waals surface area contributed by atoms with E-state index < -0.39 is 11.9 Å².